The van der Waals surface area contributed by atoms with Gasteiger partial charge in [-0.1, -0.05) is 60.7 Å². The zero-order valence-electron chi connectivity index (χ0n) is 15.8. The number of amides is 1. The molecule has 0 spiro atoms. The van der Waals surface area contributed by atoms with E-state index in [0.29, 0.717) is 0 Å². The van der Waals surface area contributed by atoms with Gasteiger partial charge >= 0.3 is 6.09 Å². The molecule has 1 fully saturated rings. The molecular weight excluding hydrogens is 378 g/mol. The van der Waals surface area contributed by atoms with Crippen molar-refractivity contribution in [1.29, 1.82) is 0 Å². The predicted octanol–water partition coefficient (Wildman–Crippen LogP) is 0.937. The fraction of sp³-hybridized carbons (Fsp3) is 0.381. The van der Waals surface area contributed by atoms with Crippen molar-refractivity contribution in [3.05, 3.63) is 71.8 Å². The van der Waals surface area contributed by atoms with Crippen LogP contribution in [0.25, 0.3) is 0 Å². The summed E-state index contributed by atoms with van der Waals surface area (Å²) in [7, 11) is 0. The number of carbonyl (C=O) groups is 1. The number of ether oxygens (including phenoxy) is 3. The highest BCUT2D eigenvalue weighted by Crippen LogP contribution is 2.23. The highest BCUT2D eigenvalue weighted by atomic mass is 16.7. The second-order valence-electron chi connectivity index (χ2n) is 6.74. The summed E-state index contributed by atoms with van der Waals surface area (Å²) in [5.41, 5.74) is 1.67. The molecule has 1 aliphatic rings. The lowest BCUT2D eigenvalue weighted by molar-refractivity contribution is -0.273. The maximum Gasteiger partial charge on any atom is 0.407 e. The molecule has 0 radical (unpaired) electrons. The highest BCUT2D eigenvalue weighted by Gasteiger charge is 2.45. The maximum atomic E-state index is 12.2. The van der Waals surface area contributed by atoms with Gasteiger partial charge in [-0.3, -0.25) is 0 Å². The van der Waals surface area contributed by atoms with Crippen LogP contribution in [0.5, 0.6) is 0 Å². The van der Waals surface area contributed by atoms with Gasteiger partial charge in [-0.05, 0) is 11.1 Å². The van der Waals surface area contributed by atoms with Gasteiger partial charge in [0.15, 0.2) is 6.29 Å². The molecule has 1 aliphatic heterocycles. The molecule has 2 aromatic rings. The summed E-state index contributed by atoms with van der Waals surface area (Å²) < 4.78 is 16.5. The Hall–Kier alpha value is -2.49. The molecule has 1 amide bonds. The van der Waals surface area contributed by atoms with E-state index in [0.717, 1.165) is 11.1 Å². The summed E-state index contributed by atoms with van der Waals surface area (Å²) in [5, 5.41) is 32.5. The van der Waals surface area contributed by atoms with Gasteiger partial charge in [0.1, 0.15) is 31.0 Å². The van der Waals surface area contributed by atoms with E-state index in [2.05, 4.69) is 5.32 Å². The molecule has 4 N–H and O–H groups in total. The minimum atomic E-state index is -1.41. The summed E-state index contributed by atoms with van der Waals surface area (Å²) in [4.78, 5) is 12.2. The molecule has 0 unspecified atom stereocenters. The van der Waals surface area contributed by atoms with Crippen molar-refractivity contribution in [3.8, 4) is 0 Å². The van der Waals surface area contributed by atoms with E-state index < -0.39 is 43.3 Å². The van der Waals surface area contributed by atoms with Gasteiger partial charge in [0.2, 0.25) is 0 Å². The lowest BCUT2D eigenvalue weighted by atomic mass is 9.97. The van der Waals surface area contributed by atoms with Crippen LogP contribution in [-0.4, -0.2) is 58.7 Å². The average molecular weight is 403 g/mol. The predicted molar refractivity (Wildman–Crippen MR) is 103 cm³/mol. The summed E-state index contributed by atoms with van der Waals surface area (Å²) in [6, 6.07) is 17.3. The van der Waals surface area contributed by atoms with Crippen molar-refractivity contribution in [2.75, 3.05) is 6.61 Å². The zero-order chi connectivity index (χ0) is 20.6. The first kappa shape index (κ1) is 21.2. The Morgan fingerprint density at radius 2 is 1.52 bits per heavy atom. The summed E-state index contributed by atoms with van der Waals surface area (Å²) in [5.74, 6) is 0. The standard InChI is InChI=1S/C21H25NO7/c23-11-16-18(24)19(25)17(20(29-16)27-12-14-7-3-1-4-8-14)22-21(26)28-13-15-9-5-2-6-10-15/h1-10,16-20,23-25H,11-13H2,(H,22,26)/t16-,17-,18-,19+,20-/m1/s1. The highest BCUT2D eigenvalue weighted by molar-refractivity contribution is 5.67. The molecule has 2 aromatic carbocycles. The molecule has 1 saturated heterocycles. The topological polar surface area (TPSA) is 117 Å². The third-order valence-corrected chi connectivity index (χ3v) is 4.64. The first-order valence-electron chi connectivity index (χ1n) is 9.33. The molecule has 0 saturated carbocycles. The number of benzene rings is 2. The first-order valence-corrected chi connectivity index (χ1v) is 9.33. The van der Waals surface area contributed by atoms with Crippen molar-refractivity contribution in [3.63, 3.8) is 0 Å². The second-order valence-corrected chi connectivity index (χ2v) is 6.74. The van der Waals surface area contributed by atoms with E-state index in [1.807, 2.05) is 60.7 Å². The second kappa shape index (κ2) is 10.3. The van der Waals surface area contributed by atoms with Crippen molar-refractivity contribution in [2.24, 2.45) is 0 Å². The van der Waals surface area contributed by atoms with E-state index in [-0.39, 0.29) is 13.2 Å². The molecular formula is C21H25NO7. The minimum Gasteiger partial charge on any atom is -0.445 e. The molecule has 156 valence electrons. The number of hydrogen-bond acceptors (Lipinski definition) is 7. The number of nitrogens with one attached hydrogen (secondary N) is 1. The maximum absolute atomic E-state index is 12.2. The molecule has 8 nitrogen and oxygen atoms in total. The molecule has 8 heteroatoms. The van der Waals surface area contributed by atoms with E-state index in [4.69, 9.17) is 14.2 Å². The van der Waals surface area contributed by atoms with Gasteiger partial charge in [0.05, 0.1) is 13.2 Å². The molecule has 3 rings (SSSR count). The fourth-order valence-corrected chi connectivity index (χ4v) is 3.03. The minimum absolute atomic E-state index is 0.0493. The Balaban J connectivity index is 1.63. The lowest BCUT2D eigenvalue weighted by Crippen LogP contribution is -2.64. The van der Waals surface area contributed by atoms with Crippen molar-refractivity contribution < 1.29 is 34.3 Å². The average Bonchev–Trinajstić information content (AvgIpc) is 2.76. The molecule has 29 heavy (non-hydrogen) atoms. The number of hydrogen-bond donors (Lipinski definition) is 4. The van der Waals surface area contributed by atoms with Gasteiger partial charge in [-0.2, -0.15) is 0 Å². The number of aliphatic hydroxyl groups is 3. The van der Waals surface area contributed by atoms with E-state index >= 15 is 0 Å². The van der Waals surface area contributed by atoms with Crippen molar-refractivity contribution in [2.45, 2.75) is 43.9 Å². The Morgan fingerprint density at radius 1 is 0.931 bits per heavy atom. The van der Waals surface area contributed by atoms with Crippen LogP contribution in [-0.2, 0) is 27.4 Å². The van der Waals surface area contributed by atoms with E-state index in [1.54, 1.807) is 0 Å². The van der Waals surface area contributed by atoms with Crippen LogP contribution in [0.1, 0.15) is 11.1 Å². The number of carbonyl (C=O) groups excluding carboxylic acids is 1. The largest absolute Gasteiger partial charge is 0.445 e. The Morgan fingerprint density at radius 3 is 2.10 bits per heavy atom. The van der Waals surface area contributed by atoms with Crippen LogP contribution in [0, 0.1) is 0 Å². The molecule has 0 bridgehead atoms. The van der Waals surface area contributed by atoms with Gasteiger partial charge < -0.3 is 34.8 Å². The van der Waals surface area contributed by atoms with Gasteiger partial charge in [-0.15, -0.1) is 0 Å². The van der Waals surface area contributed by atoms with Gasteiger partial charge in [-0.25, -0.2) is 4.79 Å². The van der Waals surface area contributed by atoms with Crippen molar-refractivity contribution >= 4 is 6.09 Å². The number of alkyl carbamates (subject to hydrolysis) is 1. The molecule has 1 heterocycles. The Kier molecular flexibility index (Phi) is 7.56. The van der Waals surface area contributed by atoms with Gasteiger partial charge in [0.25, 0.3) is 0 Å². The van der Waals surface area contributed by atoms with Crippen LogP contribution >= 0.6 is 0 Å². The van der Waals surface area contributed by atoms with Crippen LogP contribution in [0.2, 0.25) is 0 Å². The van der Waals surface area contributed by atoms with Crippen molar-refractivity contribution in [1.82, 2.24) is 5.32 Å². The van der Waals surface area contributed by atoms with Crippen LogP contribution in [0.15, 0.2) is 60.7 Å². The quantitative estimate of drug-likeness (QED) is 0.543. The van der Waals surface area contributed by atoms with Crippen LogP contribution in [0.4, 0.5) is 4.79 Å². The smallest absolute Gasteiger partial charge is 0.407 e. The third-order valence-electron chi connectivity index (χ3n) is 4.64. The Bertz CT molecular complexity index is 758. The van der Waals surface area contributed by atoms with E-state index in [1.165, 1.54) is 0 Å². The van der Waals surface area contributed by atoms with E-state index in [9.17, 15) is 20.1 Å². The van der Waals surface area contributed by atoms with Crippen LogP contribution in [0.3, 0.4) is 0 Å². The third kappa shape index (κ3) is 5.75. The fourth-order valence-electron chi connectivity index (χ4n) is 3.03. The SMILES string of the molecule is O=C(N[C@H]1[C@H](OCc2ccccc2)O[C@H](CO)[C@@H](O)[C@H]1O)OCc1ccccc1. The number of aliphatic hydroxyl groups excluding tert-OH is 3. The summed E-state index contributed by atoms with van der Waals surface area (Å²) >= 11 is 0. The van der Waals surface area contributed by atoms with Crippen LogP contribution < -0.4 is 5.32 Å². The summed E-state index contributed by atoms with van der Waals surface area (Å²) in [6.45, 7) is -0.300. The normalized spacial score (nSPS) is 26.7. The number of rotatable bonds is 7. The van der Waals surface area contributed by atoms with Gasteiger partial charge in [0, 0.05) is 0 Å². The molecule has 0 aliphatic carbocycles. The molecule has 0 aromatic heterocycles. The monoisotopic (exact) mass is 403 g/mol. The first-order chi connectivity index (χ1) is 14.1. The Labute approximate surface area is 168 Å². The lowest BCUT2D eigenvalue weighted by Gasteiger charge is -2.42. The molecule has 5 atom stereocenters. The summed E-state index contributed by atoms with van der Waals surface area (Å²) in [6.07, 6.45) is -5.72. The zero-order valence-corrected chi connectivity index (χ0v) is 15.8.